The third-order valence-corrected chi connectivity index (χ3v) is 4.41. The topological polar surface area (TPSA) is 71.4 Å². The standard InChI is InChI=1S/C11H11F3O4S/c1-7-4-2-3-5-9(7)19(17,18)6-8(10(15)16)11(12,13)14/h2-5,8H,6H2,1H3,(H,15,16). The first kappa shape index (κ1) is 15.5. The van der Waals surface area contributed by atoms with E-state index in [2.05, 4.69) is 0 Å². The molecule has 0 aliphatic heterocycles. The van der Waals surface area contributed by atoms with Gasteiger partial charge in [-0.05, 0) is 18.6 Å². The SMILES string of the molecule is Cc1ccccc1S(=O)(=O)CC(C(=O)O)C(F)(F)F. The molecule has 0 fully saturated rings. The number of carboxylic acids is 1. The van der Waals surface area contributed by atoms with Crippen LogP contribution in [-0.2, 0) is 14.6 Å². The number of hydrogen-bond acceptors (Lipinski definition) is 3. The van der Waals surface area contributed by atoms with Gasteiger partial charge in [-0.25, -0.2) is 8.42 Å². The van der Waals surface area contributed by atoms with Gasteiger partial charge in [0.15, 0.2) is 15.8 Å². The zero-order valence-electron chi connectivity index (χ0n) is 9.81. The van der Waals surface area contributed by atoms with Crippen molar-refractivity contribution >= 4 is 15.8 Å². The fourth-order valence-electron chi connectivity index (χ4n) is 1.52. The molecule has 0 aromatic heterocycles. The van der Waals surface area contributed by atoms with Crippen molar-refractivity contribution in [2.45, 2.75) is 18.0 Å². The van der Waals surface area contributed by atoms with E-state index >= 15 is 0 Å². The molecule has 4 nitrogen and oxygen atoms in total. The van der Waals surface area contributed by atoms with Gasteiger partial charge in [-0.2, -0.15) is 13.2 Å². The van der Waals surface area contributed by atoms with Gasteiger partial charge in [0.25, 0.3) is 0 Å². The summed E-state index contributed by atoms with van der Waals surface area (Å²) >= 11 is 0. The highest BCUT2D eigenvalue weighted by Crippen LogP contribution is 2.30. The molecule has 0 aliphatic rings. The summed E-state index contributed by atoms with van der Waals surface area (Å²) in [5.74, 6) is -6.64. The van der Waals surface area contributed by atoms with Crippen LogP contribution in [0.4, 0.5) is 13.2 Å². The first-order valence-electron chi connectivity index (χ1n) is 5.13. The lowest BCUT2D eigenvalue weighted by Crippen LogP contribution is -2.36. The molecule has 0 spiro atoms. The second-order valence-corrected chi connectivity index (χ2v) is 5.98. The van der Waals surface area contributed by atoms with Gasteiger partial charge in [0, 0.05) is 0 Å². The molecular weight excluding hydrogens is 285 g/mol. The number of alkyl halides is 3. The maximum absolute atomic E-state index is 12.5. The molecule has 1 N–H and O–H groups in total. The molecule has 8 heteroatoms. The van der Waals surface area contributed by atoms with E-state index in [-0.39, 0.29) is 10.5 Å². The Labute approximate surface area is 107 Å². The van der Waals surface area contributed by atoms with Crippen molar-refractivity contribution in [2.75, 3.05) is 5.75 Å². The van der Waals surface area contributed by atoms with Gasteiger partial charge in [-0.1, -0.05) is 18.2 Å². The smallest absolute Gasteiger partial charge is 0.403 e. The minimum Gasteiger partial charge on any atom is -0.481 e. The average molecular weight is 296 g/mol. The predicted molar refractivity (Wildman–Crippen MR) is 60.4 cm³/mol. The molecule has 0 radical (unpaired) electrons. The third kappa shape index (κ3) is 3.69. The van der Waals surface area contributed by atoms with Crippen LogP contribution < -0.4 is 0 Å². The van der Waals surface area contributed by atoms with Crippen molar-refractivity contribution in [3.8, 4) is 0 Å². The lowest BCUT2D eigenvalue weighted by atomic mass is 10.2. The van der Waals surface area contributed by atoms with Crippen LogP contribution in [0.15, 0.2) is 29.2 Å². The molecule has 1 aromatic carbocycles. The molecule has 0 saturated heterocycles. The molecule has 0 heterocycles. The number of carboxylic acid groups (broad SMARTS) is 1. The highest BCUT2D eigenvalue weighted by atomic mass is 32.2. The van der Waals surface area contributed by atoms with Crippen LogP contribution >= 0.6 is 0 Å². The van der Waals surface area contributed by atoms with E-state index in [0.29, 0.717) is 0 Å². The monoisotopic (exact) mass is 296 g/mol. The van der Waals surface area contributed by atoms with E-state index < -0.39 is 33.7 Å². The van der Waals surface area contributed by atoms with Crippen LogP contribution in [0.25, 0.3) is 0 Å². The Morgan fingerprint density at radius 2 is 1.84 bits per heavy atom. The molecule has 1 aromatic rings. The van der Waals surface area contributed by atoms with Crippen LogP contribution in [0, 0.1) is 12.8 Å². The summed E-state index contributed by atoms with van der Waals surface area (Å²) in [6.45, 7) is 1.43. The quantitative estimate of drug-likeness (QED) is 0.923. The number of halogens is 3. The Bertz CT molecular complexity index is 578. The first-order valence-corrected chi connectivity index (χ1v) is 6.79. The zero-order valence-corrected chi connectivity index (χ0v) is 10.6. The van der Waals surface area contributed by atoms with E-state index in [9.17, 15) is 26.4 Å². The fraction of sp³-hybridized carbons (Fsp3) is 0.364. The molecule has 106 valence electrons. The Hall–Kier alpha value is -1.57. The average Bonchev–Trinajstić information content (AvgIpc) is 2.24. The van der Waals surface area contributed by atoms with Crippen molar-refractivity contribution in [1.29, 1.82) is 0 Å². The number of aryl methyl sites for hydroxylation is 1. The van der Waals surface area contributed by atoms with Crippen molar-refractivity contribution in [3.63, 3.8) is 0 Å². The lowest BCUT2D eigenvalue weighted by molar-refractivity contribution is -0.189. The lowest BCUT2D eigenvalue weighted by Gasteiger charge is -2.16. The van der Waals surface area contributed by atoms with E-state index in [1.165, 1.54) is 25.1 Å². The second-order valence-electron chi connectivity index (χ2n) is 3.98. The van der Waals surface area contributed by atoms with E-state index in [0.717, 1.165) is 6.07 Å². The van der Waals surface area contributed by atoms with Gasteiger partial charge in [0.05, 0.1) is 10.6 Å². The van der Waals surface area contributed by atoms with Crippen molar-refractivity contribution in [2.24, 2.45) is 5.92 Å². The summed E-state index contributed by atoms with van der Waals surface area (Å²) in [7, 11) is -4.32. The van der Waals surface area contributed by atoms with Gasteiger partial charge in [-0.15, -0.1) is 0 Å². The number of sulfone groups is 1. The Balaban J connectivity index is 3.16. The molecule has 0 saturated carbocycles. The van der Waals surface area contributed by atoms with E-state index in [1.54, 1.807) is 0 Å². The van der Waals surface area contributed by atoms with Gasteiger partial charge >= 0.3 is 12.1 Å². The maximum Gasteiger partial charge on any atom is 0.403 e. The molecule has 0 amide bonds. The molecule has 0 bridgehead atoms. The summed E-state index contributed by atoms with van der Waals surface area (Å²) in [4.78, 5) is 10.3. The third-order valence-electron chi connectivity index (χ3n) is 2.51. The molecule has 1 unspecified atom stereocenters. The number of hydrogen-bond donors (Lipinski definition) is 1. The van der Waals surface area contributed by atoms with Gasteiger partial charge in [0.2, 0.25) is 0 Å². The van der Waals surface area contributed by atoms with Crippen molar-refractivity contribution in [1.82, 2.24) is 0 Å². The first-order chi connectivity index (χ1) is 8.55. The number of rotatable bonds is 4. The summed E-state index contributed by atoms with van der Waals surface area (Å²) in [5, 5.41) is 8.50. The van der Waals surface area contributed by atoms with Gasteiger partial charge in [0.1, 0.15) is 0 Å². The zero-order chi connectivity index (χ0) is 14.8. The Morgan fingerprint density at radius 3 is 2.26 bits per heavy atom. The number of aliphatic carboxylic acids is 1. The Morgan fingerprint density at radius 1 is 1.32 bits per heavy atom. The normalized spacial score (nSPS) is 14.1. The molecule has 0 aliphatic carbocycles. The number of benzene rings is 1. The second kappa shape index (κ2) is 5.20. The number of carbonyl (C=O) groups is 1. The minimum atomic E-state index is -5.11. The van der Waals surface area contributed by atoms with Crippen LogP contribution in [0.3, 0.4) is 0 Å². The Kier molecular flexibility index (Phi) is 4.24. The van der Waals surface area contributed by atoms with E-state index in [4.69, 9.17) is 5.11 Å². The largest absolute Gasteiger partial charge is 0.481 e. The summed E-state index contributed by atoms with van der Waals surface area (Å²) < 4.78 is 61.1. The van der Waals surface area contributed by atoms with Gasteiger partial charge < -0.3 is 5.11 Å². The summed E-state index contributed by atoms with van der Waals surface area (Å²) in [5.41, 5.74) is 0.272. The van der Waals surface area contributed by atoms with Crippen LogP contribution in [0.5, 0.6) is 0 Å². The predicted octanol–water partition coefficient (Wildman–Crippen LogP) is 2.03. The highest BCUT2D eigenvalue weighted by Gasteiger charge is 2.47. The minimum absolute atomic E-state index is 0.272. The summed E-state index contributed by atoms with van der Waals surface area (Å²) in [6.07, 6.45) is -5.11. The van der Waals surface area contributed by atoms with E-state index in [1.807, 2.05) is 0 Å². The fourth-order valence-corrected chi connectivity index (χ4v) is 3.31. The molecule has 19 heavy (non-hydrogen) atoms. The molecule has 1 atom stereocenters. The van der Waals surface area contributed by atoms with Crippen molar-refractivity contribution < 1.29 is 31.5 Å². The maximum atomic E-state index is 12.5. The summed E-state index contributed by atoms with van der Waals surface area (Å²) in [6, 6.07) is 5.48. The van der Waals surface area contributed by atoms with Crippen LogP contribution in [0.2, 0.25) is 0 Å². The van der Waals surface area contributed by atoms with Gasteiger partial charge in [-0.3, -0.25) is 4.79 Å². The van der Waals surface area contributed by atoms with Crippen molar-refractivity contribution in [3.05, 3.63) is 29.8 Å². The van der Waals surface area contributed by atoms with Crippen LogP contribution in [-0.4, -0.2) is 31.4 Å². The molecular formula is C11H11F3O4S. The highest BCUT2D eigenvalue weighted by molar-refractivity contribution is 7.91. The van der Waals surface area contributed by atoms with Crippen LogP contribution in [0.1, 0.15) is 5.56 Å². The molecule has 1 rings (SSSR count).